The van der Waals surface area contributed by atoms with Crippen LogP contribution in [-0.4, -0.2) is 31.3 Å². The van der Waals surface area contributed by atoms with Gasteiger partial charge >= 0.3 is 12.1 Å². The molecule has 4 atom stereocenters. The number of benzene rings is 1. The third kappa shape index (κ3) is 6.94. The number of halogens is 4. The second-order valence-corrected chi connectivity index (χ2v) is 7.74. The first kappa shape index (κ1) is 24.7. The number of hydrogen-bond donors (Lipinski definition) is 1. The highest BCUT2D eigenvalue weighted by Gasteiger charge is 2.34. The van der Waals surface area contributed by atoms with Crippen LogP contribution in [0.2, 0.25) is 0 Å². The van der Waals surface area contributed by atoms with Gasteiger partial charge in [0.1, 0.15) is 12.1 Å². The Balaban J connectivity index is 0.00000392. The zero-order valence-electron chi connectivity index (χ0n) is 16.4. The summed E-state index contributed by atoms with van der Waals surface area (Å²) in [4.78, 5) is 12.0. The minimum Gasteiger partial charge on any atom is -0.461 e. The number of ether oxygens (including phenoxy) is 2. The fraction of sp³-hybridized carbons (Fsp3) is 0.650. The van der Waals surface area contributed by atoms with Crippen molar-refractivity contribution >= 4 is 18.4 Å². The largest absolute Gasteiger partial charge is 0.461 e. The van der Waals surface area contributed by atoms with Crippen molar-refractivity contribution in [2.75, 3.05) is 13.2 Å². The maximum Gasteiger partial charge on any atom is 0.416 e. The van der Waals surface area contributed by atoms with Crippen LogP contribution in [0.4, 0.5) is 13.2 Å². The SMILES string of the molecule is CC(C)C[C@@H]1[C@@H](Cc2ccc(C(F)(F)F)cc2)COC[C@H](N)C(=O)O[C@H]1C.Cl. The maximum absolute atomic E-state index is 12.8. The normalized spacial score (nSPS) is 26.6. The van der Waals surface area contributed by atoms with Gasteiger partial charge in [-0.1, -0.05) is 26.0 Å². The van der Waals surface area contributed by atoms with Crippen LogP contribution in [0, 0.1) is 17.8 Å². The summed E-state index contributed by atoms with van der Waals surface area (Å²) in [5, 5.41) is 0. The zero-order chi connectivity index (χ0) is 20.2. The van der Waals surface area contributed by atoms with E-state index in [1.165, 1.54) is 12.1 Å². The fourth-order valence-electron chi connectivity index (χ4n) is 3.55. The molecule has 1 aliphatic rings. The minimum absolute atomic E-state index is 0. The van der Waals surface area contributed by atoms with E-state index >= 15 is 0 Å². The highest BCUT2D eigenvalue weighted by molar-refractivity contribution is 5.85. The maximum atomic E-state index is 12.8. The van der Waals surface area contributed by atoms with Gasteiger partial charge in [-0.3, -0.25) is 4.79 Å². The third-order valence-corrected chi connectivity index (χ3v) is 4.97. The molecule has 1 aromatic rings. The molecule has 0 radical (unpaired) electrons. The predicted molar refractivity (Wildman–Crippen MR) is 103 cm³/mol. The number of alkyl halides is 3. The molecule has 1 fully saturated rings. The summed E-state index contributed by atoms with van der Waals surface area (Å²) in [7, 11) is 0. The topological polar surface area (TPSA) is 61.5 Å². The van der Waals surface area contributed by atoms with Gasteiger partial charge in [0, 0.05) is 5.92 Å². The van der Waals surface area contributed by atoms with E-state index in [0.29, 0.717) is 18.9 Å². The average Bonchev–Trinajstić information content (AvgIpc) is 2.61. The molecule has 4 nitrogen and oxygen atoms in total. The smallest absolute Gasteiger partial charge is 0.416 e. The molecule has 1 aromatic carbocycles. The fourth-order valence-corrected chi connectivity index (χ4v) is 3.55. The molecule has 1 aliphatic heterocycles. The second-order valence-electron chi connectivity index (χ2n) is 7.74. The van der Waals surface area contributed by atoms with Gasteiger partial charge in [-0.05, 0) is 49.3 Å². The molecule has 160 valence electrons. The third-order valence-electron chi connectivity index (χ3n) is 4.97. The summed E-state index contributed by atoms with van der Waals surface area (Å²) in [5.41, 5.74) is 5.91. The van der Waals surface area contributed by atoms with Gasteiger partial charge in [0.2, 0.25) is 0 Å². The molecular weight excluding hydrogens is 395 g/mol. The number of carbonyl (C=O) groups is 1. The van der Waals surface area contributed by atoms with Gasteiger partial charge < -0.3 is 15.2 Å². The Morgan fingerprint density at radius 2 is 1.79 bits per heavy atom. The van der Waals surface area contributed by atoms with Crippen LogP contribution in [0.25, 0.3) is 0 Å². The summed E-state index contributed by atoms with van der Waals surface area (Å²) in [6.45, 7) is 6.48. The van der Waals surface area contributed by atoms with Gasteiger partial charge in [-0.15, -0.1) is 12.4 Å². The zero-order valence-corrected chi connectivity index (χ0v) is 17.2. The molecule has 8 heteroatoms. The molecule has 0 aromatic heterocycles. The van der Waals surface area contributed by atoms with E-state index < -0.39 is 23.8 Å². The van der Waals surface area contributed by atoms with Crippen molar-refractivity contribution in [1.82, 2.24) is 0 Å². The van der Waals surface area contributed by atoms with Crippen molar-refractivity contribution < 1.29 is 27.4 Å². The van der Waals surface area contributed by atoms with Crippen LogP contribution >= 0.6 is 12.4 Å². The Morgan fingerprint density at radius 1 is 1.18 bits per heavy atom. The number of carbonyl (C=O) groups excluding carboxylic acids is 1. The molecule has 28 heavy (non-hydrogen) atoms. The molecule has 2 N–H and O–H groups in total. The van der Waals surface area contributed by atoms with E-state index in [1.54, 1.807) is 0 Å². The molecule has 1 heterocycles. The van der Waals surface area contributed by atoms with E-state index in [0.717, 1.165) is 24.1 Å². The number of esters is 1. The van der Waals surface area contributed by atoms with Crippen molar-refractivity contribution in [1.29, 1.82) is 0 Å². The standard InChI is InChI=1S/C20H28F3NO3.ClH/c1-12(2)8-17-13(3)27-19(25)18(24)11-26-10-15(17)9-14-4-6-16(7-5-14)20(21,22)23;/h4-7,12-13,15,17-18H,8-11,24H2,1-3H3;1H/t13-,15-,17-,18-;/m0./s1. The van der Waals surface area contributed by atoms with Crippen LogP contribution < -0.4 is 5.73 Å². The van der Waals surface area contributed by atoms with Gasteiger partial charge in [0.25, 0.3) is 0 Å². The van der Waals surface area contributed by atoms with Gasteiger partial charge in [0.15, 0.2) is 0 Å². The van der Waals surface area contributed by atoms with Crippen LogP contribution in [0.3, 0.4) is 0 Å². The first-order valence-corrected chi connectivity index (χ1v) is 9.28. The Kier molecular flexibility index (Phi) is 9.24. The van der Waals surface area contributed by atoms with E-state index in [4.69, 9.17) is 15.2 Å². The summed E-state index contributed by atoms with van der Waals surface area (Å²) >= 11 is 0. The summed E-state index contributed by atoms with van der Waals surface area (Å²) < 4.78 is 49.5. The summed E-state index contributed by atoms with van der Waals surface area (Å²) in [5.74, 6) is -0.0640. The van der Waals surface area contributed by atoms with Gasteiger partial charge in [-0.25, -0.2) is 0 Å². The number of hydrogen-bond acceptors (Lipinski definition) is 4. The molecule has 0 aliphatic carbocycles. The first-order chi connectivity index (χ1) is 12.6. The average molecular weight is 424 g/mol. The molecule has 2 rings (SSSR count). The van der Waals surface area contributed by atoms with Crippen molar-refractivity contribution in [2.24, 2.45) is 23.5 Å². The van der Waals surface area contributed by atoms with Crippen molar-refractivity contribution in [3.8, 4) is 0 Å². The highest BCUT2D eigenvalue weighted by atomic mass is 35.5. The summed E-state index contributed by atoms with van der Waals surface area (Å²) in [6.07, 6.45) is -3.32. The monoisotopic (exact) mass is 423 g/mol. The number of nitrogens with two attached hydrogens (primary N) is 1. The van der Waals surface area contributed by atoms with E-state index in [2.05, 4.69) is 13.8 Å². The van der Waals surface area contributed by atoms with E-state index in [-0.39, 0.29) is 37.0 Å². The van der Waals surface area contributed by atoms with Crippen molar-refractivity contribution in [2.45, 2.75) is 51.9 Å². The Bertz CT molecular complexity index is 622. The van der Waals surface area contributed by atoms with Crippen LogP contribution in [0.15, 0.2) is 24.3 Å². The highest BCUT2D eigenvalue weighted by Crippen LogP contribution is 2.32. The number of rotatable bonds is 4. The molecular formula is C20H29ClF3NO3. The lowest BCUT2D eigenvalue weighted by Gasteiger charge is -2.32. The predicted octanol–water partition coefficient (Wildman–Crippen LogP) is 4.24. The van der Waals surface area contributed by atoms with E-state index in [1.807, 2.05) is 6.92 Å². The first-order valence-electron chi connectivity index (χ1n) is 9.28. The molecule has 0 saturated carbocycles. The molecule has 0 bridgehead atoms. The van der Waals surface area contributed by atoms with Gasteiger partial charge in [0.05, 0.1) is 18.8 Å². The van der Waals surface area contributed by atoms with E-state index in [9.17, 15) is 18.0 Å². The second kappa shape index (κ2) is 10.5. The Labute approximate surface area is 170 Å². The van der Waals surface area contributed by atoms with Crippen LogP contribution in [0.1, 0.15) is 38.3 Å². The quantitative estimate of drug-likeness (QED) is 0.736. The van der Waals surface area contributed by atoms with Crippen molar-refractivity contribution in [3.05, 3.63) is 35.4 Å². The lowest BCUT2D eigenvalue weighted by atomic mass is 9.79. The Morgan fingerprint density at radius 3 is 2.32 bits per heavy atom. The van der Waals surface area contributed by atoms with Crippen LogP contribution in [0.5, 0.6) is 0 Å². The number of cyclic esters (lactones) is 1. The van der Waals surface area contributed by atoms with Crippen LogP contribution in [-0.2, 0) is 26.9 Å². The lowest BCUT2D eigenvalue weighted by Crippen LogP contribution is -2.38. The summed E-state index contributed by atoms with van der Waals surface area (Å²) in [6, 6.07) is 4.39. The Hall–Kier alpha value is -1.31. The van der Waals surface area contributed by atoms with Crippen molar-refractivity contribution in [3.63, 3.8) is 0 Å². The molecule has 0 unspecified atom stereocenters. The molecule has 0 amide bonds. The van der Waals surface area contributed by atoms with Gasteiger partial charge in [-0.2, -0.15) is 13.2 Å². The molecule has 0 spiro atoms. The molecule has 1 saturated heterocycles. The minimum atomic E-state index is -4.35. The lowest BCUT2D eigenvalue weighted by molar-refractivity contribution is -0.153.